The topological polar surface area (TPSA) is 107 Å². The second kappa shape index (κ2) is 7.98. The average Bonchev–Trinajstić information content (AvgIpc) is 3.27. The number of piperidine rings is 1. The normalized spacial score (nSPS) is 43.9. The Bertz CT molecular complexity index is 892. The Labute approximate surface area is 193 Å². The first-order valence-electron chi connectivity index (χ1n) is 11.5. The molecule has 182 valence electrons. The fraction of sp³-hybridized carbons (Fsp3) is 0.708. The summed E-state index contributed by atoms with van der Waals surface area (Å²) in [4.78, 5) is 14.6. The van der Waals surface area contributed by atoms with Crippen molar-refractivity contribution in [3.05, 3.63) is 35.9 Å². The highest BCUT2D eigenvalue weighted by molar-refractivity contribution is 5.89. The van der Waals surface area contributed by atoms with Crippen LogP contribution < -0.4 is 0 Å². The van der Waals surface area contributed by atoms with Gasteiger partial charge in [0.1, 0.15) is 18.3 Å². The summed E-state index contributed by atoms with van der Waals surface area (Å²) in [6, 6.07) is 7.98. The summed E-state index contributed by atoms with van der Waals surface area (Å²) in [5.41, 5.74) is 0.785. The molecule has 0 aliphatic carbocycles. The van der Waals surface area contributed by atoms with Gasteiger partial charge in [0, 0.05) is 13.0 Å². The van der Waals surface area contributed by atoms with Crippen LogP contribution in [0.5, 0.6) is 0 Å². The predicted molar refractivity (Wildman–Crippen MR) is 115 cm³/mol. The highest BCUT2D eigenvalue weighted by Crippen LogP contribution is 2.48. The Kier molecular flexibility index (Phi) is 5.60. The van der Waals surface area contributed by atoms with Crippen molar-refractivity contribution in [2.24, 2.45) is 0 Å². The van der Waals surface area contributed by atoms with Crippen LogP contribution in [0.1, 0.15) is 39.2 Å². The van der Waals surface area contributed by atoms with Crippen molar-refractivity contribution < 1.29 is 38.7 Å². The molecule has 4 fully saturated rings. The fourth-order valence-electron chi connectivity index (χ4n) is 5.89. The summed E-state index contributed by atoms with van der Waals surface area (Å²) >= 11 is 0. The van der Waals surface area contributed by atoms with Crippen LogP contribution >= 0.6 is 0 Å². The molecule has 5 rings (SSSR count). The van der Waals surface area contributed by atoms with Crippen molar-refractivity contribution in [2.45, 2.75) is 93.9 Å². The number of amides is 1. The van der Waals surface area contributed by atoms with E-state index in [-0.39, 0.29) is 5.91 Å². The molecule has 4 aliphatic rings. The maximum absolute atomic E-state index is 13.0. The summed E-state index contributed by atoms with van der Waals surface area (Å²) in [6.07, 6.45) is -4.58. The SMILES string of the molecule is CO[C@@H]1C(=O)N2[C@@H]1[C@H](O)[C@@H](c1ccccc1)[C@@H](O)[C@H]2[C@H]1OC(C)(C)O[C@@H]1[C@H]1COC(C)(C)O1. The molecule has 0 radical (unpaired) electrons. The molecule has 2 N–H and O–H groups in total. The first-order chi connectivity index (χ1) is 15.5. The lowest BCUT2D eigenvalue weighted by molar-refractivity contribution is -0.229. The third kappa shape index (κ3) is 3.70. The minimum atomic E-state index is -1.10. The van der Waals surface area contributed by atoms with Gasteiger partial charge in [0.2, 0.25) is 0 Å². The number of hydrogen-bond acceptors (Lipinski definition) is 8. The zero-order valence-corrected chi connectivity index (χ0v) is 19.6. The van der Waals surface area contributed by atoms with Gasteiger partial charge in [0.05, 0.1) is 30.9 Å². The molecular formula is C24H33NO8. The van der Waals surface area contributed by atoms with Gasteiger partial charge in [-0.15, -0.1) is 0 Å². The maximum Gasteiger partial charge on any atom is 0.254 e. The van der Waals surface area contributed by atoms with Crippen LogP contribution in [-0.4, -0.2) is 95.0 Å². The number of fused-ring (bicyclic) bond motifs is 1. The third-order valence-electron chi connectivity index (χ3n) is 7.22. The van der Waals surface area contributed by atoms with Crippen LogP contribution in [0.3, 0.4) is 0 Å². The molecule has 9 heteroatoms. The van der Waals surface area contributed by atoms with Gasteiger partial charge in [-0.3, -0.25) is 4.79 Å². The molecule has 4 heterocycles. The second-order valence-corrected chi connectivity index (χ2v) is 10.2. The zero-order chi connectivity index (χ0) is 23.7. The van der Waals surface area contributed by atoms with Gasteiger partial charge >= 0.3 is 0 Å². The Hall–Kier alpha value is -1.59. The molecule has 1 aromatic rings. The largest absolute Gasteiger partial charge is 0.390 e. The summed E-state index contributed by atoms with van der Waals surface area (Å²) in [7, 11) is 1.46. The summed E-state index contributed by atoms with van der Waals surface area (Å²) < 4.78 is 29.8. The number of carbonyl (C=O) groups is 1. The van der Waals surface area contributed by atoms with E-state index in [2.05, 4.69) is 0 Å². The molecule has 33 heavy (non-hydrogen) atoms. The minimum absolute atomic E-state index is 0.284. The van der Waals surface area contributed by atoms with Gasteiger partial charge in [-0.2, -0.15) is 0 Å². The van der Waals surface area contributed by atoms with Gasteiger partial charge in [-0.05, 0) is 33.3 Å². The van der Waals surface area contributed by atoms with Crippen LogP contribution in [0.25, 0.3) is 0 Å². The number of hydrogen-bond donors (Lipinski definition) is 2. The summed E-state index contributed by atoms with van der Waals surface area (Å²) in [5.74, 6) is -2.63. The molecule has 9 nitrogen and oxygen atoms in total. The van der Waals surface area contributed by atoms with Gasteiger partial charge in [-0.1, -0.05) is 30.3 Å². The van der Waals surface area contributed by atoms with E-state index in [1.165, 1.54) is 12.0 Å². The van der Waals surface area contributed by atoms with Crippen LogP contribution in [0.2, 0.25) is 0 Å². The van der Waals surface area contributed by atoms with E-state index in [4.69, 9.17) is 23.7 Å². The lowest BCUT2D eigenvalue weighted by Crippen LogP contribution is -2.80. The van der Waals surface area contributed by atoms with Gasteiger partial charge in [0.15, 0.2) is 17.7 Å². The minimum Gasteiger partial charge on any atom is -0.390 e. The standard InChI is InChI=1S/C24H33NO8/c1-23(2)30-11-13(31-23)19-20(33-24(3,4)32-19)15-17(26)14(12-9-7-6-8-10-12)18(27)16-21(29-5)22(28)25(15)16/h6-10,13-21,26-27H,11H2,1-5H3/t13-,14+,15+,16-,17-,18-,19-,20-,21+/m1/s1. The van der Waals surface area contributed by atoms with Crippen molar-refractivity contribution >= 4 is 5.91 Å². The maximum atomic E-state index is 13.0. The summed E-state index contributed by atoms with van der Waals surface area (Å²) in [5, 5.41) is 22.9. The molecule has 0 unspecified atom stereocenters. The number of nitrogens with zero attached hydrogens (tertiary/aromatic N) is 1. The Morgan fingerprint density at radius 1 is 0.939 bits per heavy atom. The van der Waals surface area contributed by atoms with E-state index in [0.29, 0.717) is 6.61 Å². The number of β-lactam (4-membered cyclic amide) rings is 1. The first-order valence-corrected chi connectivity index (χ1v) is 11.5. The molecule has 0 spiro atoms. The number of ether oxygens (including phenoxy) is 5. The van der Waals surface area contributed by atoms with Gasteiger partial charge in [0.25, 0.3) is 5.91 Å². The number of benzene rings is 1. The highest BCUT2D eigenvalue weighted by atomic mass is 16.8. The Morgan fingerprint density at radius 2 is 1.58 bits per heavy atom. The van der Waals surface area contributed by atoms with Gasteiger partial charge in [-0.25, -0.2) is 0 Å². The molecule has 0 saturated carbocycles. The lowest BCUT2D eigenvalue weighted by Gasteiger charge is -2.60. The Morgan fingerprint density at radius 3 is 2.18 bits per heavy atom. The van der Waals surface area contributed by atoms with Crippen molar-refractivity contribution in [2.75, 3.05) is 13.7 Å². The second-order valence-electron chi connectivity index (χ2n) is 10.2. The third-order valence-corrected chi connectivity index (χ3v) is 7.22. The molecule has 9 atom stereocenters. The Balaban J connectivity index is 1.53. The van der Waals surface area contributed by atoms with E-state index in [1.807, 2.05) is 44.2 Å². The molecule has 1 amide bonds. The van der Waals surface area contributed by atoms with Crippen molar-refractivity contribution in [3.8, 4) is 0 Å². The quantitative estimate of drug-likeness (QED) is 0.631. The highest BCUT2D eigenvalue weighted by Gasteiger charge is 2.66. The molecule has 4 saturated heterocycles. The summed E-state index contributed by atoms with van der Waals surface area (Å²) in [6.45, 7) is 7.57. The smallest absolute Gasteiger partial charge is 0.254 e. The monoisotopic (exact) mass is 463 g/mol. The van der Waals surface area contributed by atoms with Crippen molar-refractivity contribution in [1.29, 1.82) is 0 Å². The number of aliphatic hydroxyl groups is 2. The van der Waals surface area contributed by atoms with Crippen LogP contribution in [0.15, 0.2) is 30.3 Å². The van der Waals surface area contributed by atoms with Crippen molar-refractivity contribution in [1.82, 2.24) is 4.90 Å². The lowest BCUT2D eigenvalue weighted by atomic mass is 9.69. The van der Waals surface area contributed by atoms with E-state index < -0.39 is 66.2 Å². The molecule has 1 aromatic carbocycles. The molecule has 4 aliphatic heterocycles. The predicted octanol–water partition coefficient (Wildman–Crippen LogP) is 0.772. The average molecular weight is 464 g/mol. The number of methoxy groups -OCH3 is 1. The van der Waals surface area contributed by atoms with E-state index >= 15 is 0 Å². The van der Waals surface area contributed by atoms with E-state index in [0.717, 1.165) is 5.56 Å². The van der Waals surface area contributed by atoms with E-state index in [9.17, 15) is 15.0 Å². The molecule has 0 bridgehead atoms. The van der Waals surface area contributed by atoms with E-state index in [1.54, 1.807) is 13.8 Å². The zero-order valence-electron chi connectivity index (χ0n) is 19.6. The van der Waals surface area contributed by atoms with Crippen LogP contribution in [-0.2, 0) is 28.5 Å². The van der Waals surface area contributed by atoms with Crippen molar-refractivity contribution in [3.63, 3.8) is 0 Å². The van der Waals surface area contributed by atoms with Crippen LogP contribution in [0, 0.1) is 0 Å². The van der Waals surface area contributed by atoms with Crippen LogP contribution in [0.4, 0.5) is 0 Å². The molecule has 0 aromatic heterocycles. The number of carbonyl (C=O) groups excluding carboxylic acids is 1. The first kappa shape index (κ1) is 23.2. The van der Waals surface area contributed by atoms with Gasteiger partial charge < -0.3 is 38.8 Å². The fourth-order valence-corrected chi connectivity index (χ4v) is 5.89. The number of aliphatic hydroxyl groups excluding tert-OH is 2. The molecular weight excluding hydrogens is 430 g/mol. The number of rotatable bonds is 4.